The van der Waals surface area contributed by atoms with Crippen molar-refractivity contribution in [1.29, 1.82) is 0 Å². The second kappa shape index (κ2) is 8.99. The van der Waals surface area contributed by atoms with Crippen LogP contribution in [0.5, 0.6) is 5.75 Å². The number of hydrogen-bond acceptors (Lipinski definition) is 6. The number of halogens is 3. The van der Waals surface area contributed by atoms with Gasteiger partial charge < -0.3 is 19.7 Å². The summed E-state index contributed by atoms with van der Waals surface area (Å²) in [5, 5.41) is 14.1. The molecule has 2 aromatic carbocycles. The van der Waals surface area contributed by atoms with Crippen molar-refractivity contribution in [3.63, 3.8) is 0 Å². The zero-order valence-electron chi connectivity index (χ0n) is 15.6. The summed E-state index contributed by atoms with van der Waals surface area (Å²) in [7, 11) is 0. The van der Waals surface area contributed by atoms with Gasteiger partial charge >= 0.3 is 6.36 Å². The van der Waals surface area contributed by atoms with E-state index in [-0.39, 0.29) is 23.5 Å². The maximum atomic E-state index is 12.4. The van der Waals surface area contributed by atoms with Gasteiger partial charge in [0, 0.05) is 31.3 Å². The molecule has 0 bridgehead atoms. The van der Waals surface area contributed by atoms with Crippen molar-refractivity contribution >= 4 is 17.3 Å². The van der Waals surface area contributed by atoms with Crippen LogP contribution in [0.15, 0.2) is 42.5 Å². The number of alkyl halides is 3. The number of nitro groups is 1. The van der Waals surface area contributed by atoms with Crippen LogP contribution in [0.2, 0.25) is 0 Å². The lowest BCUT2D eigenvalue weighted by Crippen LogP contribution is -2.36. The third-order valence-electron chi connectivity index (χ3n) is 4.40. The minimum Gasteiger partial charge on any atom is -0.406 e. The van der Waals surface area contributed by atoms with Gasteiger partial charge in [-0.25, -0.2) is 0 Å². The van der Waals surface area contributed by atoms with Gasteiger partial charge in [0.25, 0.3) is 11.6 Å². The highest BCUT2D eigenvalue weighted by atomic mass is 19.4. The van der Waals surface area contributed by atoms with E-state index in [0.29, 0.717) is 37.6 Å². The number of carbonyl (C=O) groups is 1. The van der Waals surface area contributed by atoms with E-state index >= 15 is 0 Å². The van der Waals surface area contributed by atoms with Crippen molar-refractivity contribution in [3.8, 4) is 5.75 Å². The lowest BCUT2D eigenvalue weighted by molar-refractivity contribution is -0.384. The number of anilines is 1. The summed E-state index contributed by atoms with van der Waals surface area (Å²) in [6.07, 6.45) is -4.78. The van der Waals surface area contributed by atoms with E-state index in [9.17, 15) is 28.1 Å². The first kappa shape index (κ1) is 21.4. The molecule has 0 spiro atoms. The Labute approximate surface area is 169 Å². The Balaban J connectivity index is 1.66. The Morgan fingerprint density at radius 2 is 1.83 bits per heavy atom. The molecular formula is C19H18F3N3O5. The van der Waals surface area contributed by atoms with Crippen LogP contribution < -0.4 is 15.0 Å². The van der Waals surface area contributed by atoms with Gasteiger partial charge in [-0.3, -0.25) is 14.9 Å². The van der Waals surface area contributed by atoms with Crippen LogP contribution in [0, 0.1) is 10.1 Å². The van der Waals surface area contributed by atoms with E-state index in [4.69, 9.17) is 4.74 Å². The fourth-order valence-electron chi connectivity index (χ4n) is 2.98. The SMILES string of the molecule is O=C(NCc1ccc(OC(F)(F)F)cc1)c1ccc(N2CCOCC2)c([N+](=O)[O-])c1. The van der Waals surface area contributed by atoms with E-state index in [1.54, 1.807) is 0 Å². The Morgan fingerprint density at radius 1 is 1.17 bits per heavy atom. The maximum absolute atomic E-state index is 12.4. The number of nitrogens with one attached hydrogen (secondary N) is 1. The van der Waals surface area contributed by atoms with Gasteiger partial charge in [-0.15, -0.1) is 13.2 Å². The minimum atomic E-state index is -4.78. The number of nitro benzene ring substituents is 1. The summed E-state index contributed by atoms with van der Waals surface area (Å²) in [6.45, 7) is 1.99. The zero-order chi connectivity index (χ0) is 21.7. The number of amides is 1. The Kier molecular flexibility index (Phi) is 6.40. The number of rotatable bonds is 6. The van der Waals surface area contributed by atoms with Gasteiger partial charge in [-0.2, -0.15) is 0 Å². The average molecular weight is 425 g/mol. The minimum absolute atomic E-state index is 0.0319. The van der Waals surface area contributed by atoms with E-state index in [1.807, 2.05) is 4.90 Å². The van der Waals surface area contributed by atoms with E-state index in [0.717, 1.165) is 12.1 Å². The van der Waals surface area contributed by atoms with Gasteiger partial charge in [0.15, 0.2) is 0 Å². The Bertz CT molecular complexity index is 913. The summed E-state index contributed by atoms with van der Waals surface area (Å²) in [5.74, 6) is -0.908. The largest absolute Gasteiger partial charge is 0.573 e. The van der Waals surface area contributed by atoms with Gasteiger partial charge in [-0.05, 0) is 29.8 Å². The predicted octanol–water partition coefficient (Wildman–Crippen LogP) is 3.26. The first-order chi connectivity index (χ1) is 14.2. The van der Waals surface area contributed by atoms with Crippen molar-refractivity contribution in [2.24, 2.45) is 0 Å². The van der Waals surface area contributed by atoms with Gasteiger partial charge in [0.1, 0.15) is 11.4 Å². The molecule has 0 atom stereocenters. The molecule has 30 heavy (non-hydrogen) atoms. The highest BCUT2D eigenvalue weighted by Crippen LogP contribution is 2.30. The summed E-state index contributed by atoms with van der Waals surface area (Å²) < 4.78 is 45.6. The monoisotopic (exact) mass is 425 g/mol. The van der Waals surface area contributed by atoms with Crippen LogP contribution in [0.4, 0.5) is 24.5 Å². The number of benzene rings is 2. The average Bonchev–Trinajstić information content (AvgIpc) is 2.72. The molecule has 1 heterocycles. The molecule has 1 aliphatic rings. The van der Waals surface area contributed by atoms with E-state index in [1.165, 1.54) is 30.3 Å². The zero-order valence-corrected chi connectivity index (χ0v) is 15.6. The maximum Gasteiger partial charge on any atom is 0.573 e. The van der Waals surface area contributed by atoms with Crippen LogP contribution in [0.3, 0.4) is 0 Å². The number of nitrogens with zero attached hydrogens (tertiary/aromatic N) is 2. The molecule has 2 aromatic rings. The molecule has 0 aliphatic carbocycles. The second-order valence-corrected chi connectivity index (χ2v) is 6.43. The summed E-state index contributed by atoms with van der Waals surface area (Å²) in [6, 6.07) is 9.26. The Hall–Kier alpha value is -3.34. The number of ether oxygens (including phenoxy) is 2. The first-order valence-corrected chi connectivity index (χ1v) is 8.97. The molecule has 1 aliphatic heterocycles. The quantitative estimate of drug-likeness (QED) is 0.564. The first-order valence-electron chi connectivity index (χ1n) is 8.97. The van der Waals surface area contributed by atoms with Crippen LogP contribution in [-0.4, -0.2) is 43.5 Å². The molecule has 0 radical (unpaired) electrons. The van der Waals surface area contributed by atoms with Crippen LogP contribution in [-0.2, 0) is 11.3 Å². The summed E-state index contributed by atoms with van der Waals surface area (Å²) >= 11 is 0. The van der Waals surface area contributed by atoms with Gasteiger partial charge in [0.2, 0.25) is 0 Å². The van der Waals surface area contributed by atoms with Crippen LogP contribution in [0.1, 0.15) is 15.9 Å². The molecule has 1 amide bonds. The molecule has 0 saturated carbocycles. The van der Waals surface area contributed by atoms with Crippen molar-refractivity contribution in [1.82, 2.24) is 5.32 Å². The van der Waals surface area contributed by atoms with Gasteiger partial charge in [0.05, 0.1) is 18.1 Å². The number of carbonyl (C=O) groups excluding carboxylic acids is 1. The summed E-state index contributed by atoms with van der Waals surface area (Å²) in [4.78, 5) is 25.2. The molecule has 1 N–H and O–H groups in total. The third kappa shape index (κ3) is 5.60. The van der Waals surface area contributed by atoms with Gasteiger partial charge in [-0.1, -0.05) is 12.1 Å². The number of hydrogen-bond donors (Lipinski definition) is 1. The fourth-order valence-corrected chi connectivity index (χ4v) is 2.98. The highest BCUT2D eigenvalue weighted by molar-refractivity contribution is 5.95. The second-order valence-electron chi connectivity index (χ2n) is 6.43. The molecular weight excluding hydrogens is 407 g/mol. The van der Waals surface area contributed by atoms with Crippen molar-refractivity contribution in [2.75, 3.05) is 31.2 Å². The van der Waals surface area contributed by atoms with E-state index < -0.39 is 17.2 Å². The topological polar surface area (TPSA) is 93.9 Å². The summed E-state index contributed by atoms with van der Waals surface area (Å²) in [5.41, 5.74) is 0.881. The third-order valence-corrected chi connectivity index (χ3v) is 4.40. The van der Waals surface area contributed by atoms with Crippen molar-refractivity contribution in [3.05, 3.63) is 63.7 Å². The van der Waals surface area contributed by atoms with E-state index in [2.05, 4.69) is 10.1 Å². The molecule has 0 unspecified atom stereocenters. The lowest BCUT2D eigenvalue weighted by atomic mass is 10.1. The van der Waals surface area contributed by atoms with Crippen LogP contribution in [0.25, 0.3) is 0 Å². The Morgan fingerprint density at radius 3 is 2.43 bits per heavy atom. The lowest BCUT2D eigenvalue weighted by Gasteiger charge is -2.28. The smallest absolute Gasteiger partial charge is 0.406 e. The molecule has 1 fully saturated rings. The molecule has 160 valence electrons. The standard InChI is InChI=1S/C19H18F3N3O5/c20-19(21,22)30-15-4-1-13(2-5-15)12-23-18(26)14-3-6-16(17(11-14)25(27)28)24-7-9-29-10-8-24/h1-6,11H,7-10,12H2,(H,23,26). The fraction of sp³-hybridized carbons (Fsp3) is 0.316. The molecule has 3 rings (SSSR count). The molecule has 0 aromatic heterocycles. The molecule has 1 saturated heterocycles. The highest BCUT2D eigenvalue weighted by Gasteiger charge is 2.31. The molecule has 11 heteroatoms. The number of morpholine rings is 1. The normalized spacial score (nSPS) is 14.3. The predicted molar refractivity (Wildman–Crippen MR) is 100 cm³/mol. The van der Waals surface area contributed by atoms with Crippen molar-refractivity contribution < 1.29 is 32.4 Å². The molecule has 8 nitrogen and oxygen atoms in total. The van der Waals surface area contributed by atoms with Crippen molar-refractivity contribution in [2.45, 2.75) is 12.9 Å². The van der Waals surface area contributed by atoms with Crippen LogP contribution >= 0.6 is 0 Å².